The number of hydrogen-bond acceptors (Lipinski definition) is 4. The van der Waals surface area contributed by atoms with Gasteiger partial charge in [0.15, 0.2) is 0 Å². The van der Waals surface area contributed by atoms with E-state index in [1.807, 2.05) is 18.7 Å². The third-order valence-corrected chi connectivity index (χ3v) is 3.85. The zero-order valence-corrected chi connectivity index (χ0v) is 11.3. The SMILES string of the molecule is CCCNC(=O)c1cccnc1OC1CCSC1. The van der Waals surface area contributed by atoms with E-state index in [1.165, 1.54) is 0 Å². The van der Waals surface area contributed by atoms with Crippen LogP contribution in [0, 0.1) is 0 Å². The lowest BCUT2D eigenvalue weighted by Crippen LogP contribution is -2.26. The molecule has 2 heterocycles. The molecule has 1 aliphatic rings. The molecule has 0 aliphatic carbocycles. The molecule has 0 aromatic carbocycles. The van der Waals surface area contributed by atoms with Crippen molar-refractivity contribution in [1.29, 1.82) is 0 Å². The van der Waals surface area contributed by atoms with Crippen molar-refractivity contribution >= 4 is 17.7 Å². The Kier molecular flexibility index (Phi) is 4.87. The standard InChI is InChI=1S/C13H18N2O2S/c1-2-6-14-12(16)11-4-3-7-15-13(11)17-10-5-8-18-9-10/h3-4,7,10H,2,5-6,8-9H2,1H3,(H,14,16). The highest BCUT2D eigenvalue weighted by atomic mass is 32.2. The fourth-order valence-electron chi connectivity index (χ4n) is 1.76. The molecule has 1 saturated heterocycles. The fourth-order valence-corrected chi connectivity index (χ4v) is 2.85. The maximum absolute atomic E-state index is 12.0. The van der Waals surface area contributed by atoms with Crippen LogP contribution in [0.4, 0.5) is 0 Å². The summed E-state index contributed by atoms with van der Waals surface area (Å²) in [5.41, 5.74) is 0.530. The van der Waals surface area contributed by atoms with E-state index in [0.717, 1.165) is 24.3 Å². The number of nitrogens with one attached hydrogen (secondary N) is 1. The van der Waals surface area contributed by atoms with E-state index in [2.05, 4.69) is 10.3 Å². The quantitative estimate of drug-likeness (QED) is 0.887. The number of nitrogens with zero attached hydrogens (tertiary/aromatic N) is 1. The highest BCUT2D eigenvalue weighted by Gasteiger charge is 2.21. The molecule has 18 heavy (non-hydrogen) atoms. The molecule has 0 bridgehead atoms. The van der Waals surface area contributed by atoms with Crippen LogP contribution in [0.15, 0.2) is 18.3 Å². The zero-order chi connectivity index (χ0) is 12.8. The molecule has 2 rings (SSSR count). The Morgan fingerprint density at radius 3 is 3.28 bits per heavy atom. The predicted octanol–water partition coefficient (Wildman–Crippen LogP) is 2.11. The first-order valence-corrected chi connectivity index (χ1v) is 7.44. The van der Waals surface area contributed by atoms with E-state index in [-0.39, 0.29) is 12.0 Å². The summed E-state index contributed by atoms with van der Waals surface area (Å²) in [6.45, 7) is 2.70. The second kappa shape index (κ2) is 6.64. The predicted molar refractivity (Wildman–Crippen MR) is 73.2 cm³/mol. The van der Waals surface area contributed by atoms with Crippen LogP contribution in [-0.4, -0.2) is 35.0 Å². The number of aromatic nitrogens is 1. The maximum Gasteiger partial charge on any atom is 0.256 e. The average Bonchev–Trinajstić information content (AvgIpc) is 2.89. The van der Waals surface area contributed by atoms with Crippen molar-refractivity contribution in [3.63, 3.8) is 0 Å². The van der Waals surface area contributed by atoms with Gasteiger partial charge in [-0.1, -0.05) is 6.92 Å². The van der Waals surface area contributed by atoms with Crippen LogP contribution in [0.3, 0.4) is 0 Å². The van der Waals surface area contributed by atoms with Crippen molar-refractivity contribution < 1.29 is 9.53 Å². The molecule has 1 fully saturated rings. The molecule has 1 amide bonds. The van der Waals surface area contributed by atoms with Crippen LogP contribution in [0.2, 0.25) is 0 Å². The number of amides is 1. The molecule has 0 radical (unpaired) electrons. The van der Waals surface area contributed by atoms with Gasteiger partial charge in [0, 0.05) is 18.5 Å². The maximum atomic E-state index is 12.0. The van der Waals surface area contributed by atoms with Gasteiger partial charge in [0.05, 0.1) is 0 Å². The molecule has 0 saturated carbocycles. The Bertz CT molecular complexity index is 406. The van der Waals surface area contributed by atoms with Crippen LogP contribution in [0.1, 0.15) is 30.1 Å². The minimum absolute atomic E-state index is 0.106. The molecule has 4 nitrogen and oxygen atoms in total. The number of thioether (sulfide) groups is 1. The number of carbonyl (C=O) groups is 1. The van der Waals surface area contributed by atoms with E-state index in [9.17, 15) is 4.79 Å². The smallest absolute Gasteiger partial charge is 0.256 e. The summed E-state index contributed by atoms with van der Waals surface area (Å²) in [5, 5.41) is 2.85. The minimum Gasteiger partial charge on any atom is -0.473 e. The lowest BCUT2D eigenvalue weighted by molar-refractivity contribution is 0.0946. The van der Waals surface area contributed by atoms with Crippen molar-refractivity contribution in [2.75, 3.05) is 18.1 Å². The first kappa shape index (κ1) is 13.2. The van der Waals surface area contributed by atoms with Gasteiger partial charge in [-0.3, -0.25) is 4.79 Å². The number of rotatable bonds is 5. The van der Waals surface area contributed by atoms with Crippen molar-refractivity contribution in [1.82, 2.24) is 10.3 Å². The number of carbonyl (C=O) groups excluding carboxylic acids is 1. The Morgan fingerprint density at radius 2 is 2.56 bits per heavy atom. The summed E-state index contributed by atoms with van der Waals surface area (Å²) >= 11 is 1.88. The van der Waals surface area contributed by atoms with Gasteiger partial charge in [-0.2, -0.15) is 11.8 Å². The largest absolute Gasteiger partial charge is 0.473 e. The molecule has 1 N–H and O–H groups in total. The second-order valence-corrected chi connectivity index (χ2v) is 5.37. The van der Waals surface area contributed by atoms with E-state index >= 15 is 0 Å². The van der Waals surface area contributed by atoms with E-state index in [1.54, 1.807) is 18.3 Å². The summed E-state index contributed by atoms with van der Waals surface area (Å²) in [4.78, 5) is 16.1. The third-order valence-electron chi connectivity index (χ3n) is 2.72. The highest BCUT2D eigenvalue weighted by molar-refractivity contribution is 7.99. The van der Waals surface area contributed by atoms with Gasteiger partial charge in [0.1, 0.15) is 11.7 Å². The summed E-state index contributed by atoms with van der Waals surface area (Å²) in [6.07, 6.45) is 3.79. The van der Waals surface area contributed by atoms with Gasteiger partial charge >= 0.3 is 0 Å². The van der Waals surface area contributed by atoms with E-state index < -0.39 is 0 Å². The first-order chi connectivity index (χ1) is 8.81. The molecular formula is C13H18N2O2S. The molecular weight excluding hydrogens is 248 g/mol. The molecule has 1 aromatic rings. The normalized spacial score (nSPS) is 18.6. The number of pyridine rings is 1. The average molecular weight is 266 g/mol. The van der Waals surface area contributed by atoms with Crippen LogP contribution in [0.25, 0.3) is 0 Å². The number of hydrogen-bond donors (Lipinski definition) is 1. The van der Waals surface area contributed by atoms with Gasteiger partial charge < -0.3 is 10.1 Å². The molecule has 1 aromatic heterocycles. The van der Waals surface area contributed by atoms with Gasteiger partial charge in [-0.05, 0) is 30.7 Å². The lowest BCUT2D eigenvalue weighted by atomic mass is 10.2. The summed E-state index contributed by atoms with van der Waals surface area (Å²) < 4.78 is 5.81. The summed E-state index contributed by atoms with van der Waals surface area (Å²) in [7, 11) is 0. The molecule has 98 valence electrons. The Morgan fingerprint density at radius 1 is 1.67 bits per heavy atom. The number of ether oxygens (including phenoxy) is 1. The van der Waals surface area contributed by atoms with Crippen molar-refractivity contribution in [2.45, 2.75) is 25.9 Å². The molecule has 1 atom stereocenters. The lowest BCUT2D eigenvalue weighted by Gasteiger charge is -2.14. The third kappa shape index (κ3) is 3.38. The van der Waals surface area contributed by atoms with Crippen LogP contribution in [0.5, 0.6) is 5.88 Å². The van der Waals surface area contributed by atoms with Crippen LogP contribution in [-0.2, 0) is 0 Å². The van der Waals surface area contributed by atoms with E-state index in [4.69, 9.17) is 4.74 Å². The Hall–Kier alpha value is -1.23. The highest BCUT2D eigenvalue weighted by Crippen LogP contribution is 2.24. The zero-order valence-electron chi connectivity index (χ0n) is 10.5. The molecule has 5 heteroatoms. The van der Waals surface area contributed by atoms with Crippen LogP contribution < -0.4 is 10.1 Å². The van der Waals surface area contributed by atoms with E-state index in [0.29, 0.717) is 18.0 Å². The summed E-state index contributed by atoms with van der Waals surface area (Å²) in [6, 6.07) is 3.52. The van der Waals surface area contributed by atoms with Crippen molar-refractivity contribution in [3.05, 3.63) is 23.9 Å². The first-order valence-electron chi connectivity index (χ1n) is 6.29. The Labute approximate surface area is 112 Å². The van der Waals surface area contributed by atoms with Gasteiger partial charge in [0.25, 0.3) is 5.91 Å². The minimum atomic E-state index is -0.106. The van der Waals surface area contributed by atoms with Gasteiger partial charge in [0.2, 0.25) is 5.88 Å². The van der Waals surface area contributed by atoms with Crippen molar-refractivity contribution in [3.8, 4) is 5.88 Å². The Balaban J connectivity index is 2.06. The van der Waals surface area contributed by atoms with Crippen LogP contribution >= 0.6 is 11.8 Å². The summed E-state index contributed by atoms with van der Waals surface area (Å²) in [5.74, 6) is 2.45. The second-order valence-electron chi connectivity index (χ2n) is 4.22. The van der Waals surface area contributed by atoms with Gasteiger partial charge in [-0.15, -0.1) is 0 Å². The molecule has 1 aliphatic heterocycles. The fraction of sp³-hybridized carbons (Fsp3) is 0.538. The monoisotopic (exact) mass is 266 g/mol. The topological polar surface area (TPSA) is 51.2 Å². The van der Waals surface area contributed by atoms with Gasteiger partial charge in [-0.25, -0.2) is 4.98 Å². The van der Waals surface area contributed by atoms with Crippen molar-refractivity contribution in [2.24, 2.45) is 0 Å². The molecule has 1 unspecified atom stereocenters. The molecule has 0 spiro atoms.